The number of aliphatic carboxylic acids is 1. The molecule has 0 aliphatic rings. The van der Waals surface area contributed by atoms with Crippen molar-refractivity contribution in [1.29, 1.82) is 0 Å². The predicted molar refractivity (Wildman–Crippen MR) is 38.2 cm³/mol. The highest BCUT2D eigenvalue weighted by Crippen LogP contribution is 2.01. The zero-order chi connectivity index (χ0) is 8.15. The van der Waals surface area contributed by atoms with E-state index in [-0.39, 0.29) is 5.92 Å². The highest BCUT2D eigenvalue weighted by Gasteiger charge is 2.13. The Morgan fingerprint density at radius 3 is 2.70 bits per heavy atom. The fourth-order valence-electron chi connectivity index (χ4n) is 0.550. The summed E-state index contributed by atoms with van der Waals surface area (Å²) >= 11 is 0. The second kappa shape index (κ2) is 3.91. The Balaban J connectivity index is 3.70. The highest BCUT2D eigenvalue weighted by molar-refractivity contribution is 5.73. The SMILES string of the molecule is C#CC(C)CC(N)C(=O)O. The van der Waals surface area contributed by atoms with E-state index in [9.17, 15) is 4.79 Å². The van der Waals surface area contributed by atoms with E-state index in [0.29, 0.717) is 6.42 Å². The molecular weight excluding hydrogens is 130 g/mol. The molecule has 0 fully saturated rings. The molecule has 0 aliphatic carbocycles. The van der Waals surface area contributed by atoms with E-state index in [4.69, 9.17) is 17.3 Å². The van der Waals surface area contributed by atoms with Gasteiger partial charge in [-0.15, -0.1) is 12.3 Å². The standard InChI is InChI=1S/C7H11NO2/c1-3-5(2)4-6(8)7(9)10/h1,5-6H,4,8H2,2H3,(H,9,10). The van der Waals surface area contributed by atoms with Crippen molar-refractivity contribution in [3.63, 3.8) is 0 Å². The van der Waals surface area contributed by atoms with Crippen LogP contribution in [-0.4, -0.2) is 17.1 Å². The van der Waals surface area contributed by atoms with Gasteiger partial charge in [-0.2, -0.15) is 0 Å². The van der Waals surface area contributed by atoms with Crippen molar-refractivity contribution in [2.24, 2.45) is 11.7 Å². The fourth-order valence-corrected chi connectivity index (χ4v) is 0.550. The molecule has 0 bridgehead atoms. The van der Waals surface area contributed by atoms with Gasteiger partial charge < -0.3 is 10.8 Å². The third-order valence-electron chi connectivity index (χ3n) is 1.21. The van der Waals surface area contributed by atoms with Crippen LogP contribution < -0.4 is 5.73 Å². The Bertz CT molecular complexity index is 159. The predicted octanol–water partition coefficient (Wildman–Crippen LogP) is 0.0577. The first-order chi connectivity index (χ1) is 4.57. The van der Waals surface area contributed by atoms with Crippen molar-refractivity contribution >= 4 is 5.97 Å². The summed E-state index contributed by atoms with van der Waals surface area (Å²) in [5.74, 6) is 1.35. The van der Waals surface area contributed by atoms with Crippen LogP contribution in [0.15, 0.2) is 0 Å². The molecule has 0 aromatic rings. The molecule has 2 unspecified atom stereocenters. The molecule has 0 saturated carbocycles. The summed E-state index contributed by atoms with van der Waals surface area (Å²) in [5, 5.41) is 8.33. The van der Waals surface area contributed by atoms with E-state index >= 15 is 0 Å². The Morgan fingerprint density at radius 1 is 1.90 bits per heavy atom. The van der Waals surface area contributed by atoms with Gasteiger partial charge in [-0.1, -0.05) is 6.92 Å². The van der Waals surface area contributed by atoms with Crippen LogP contribution in [0.5, 0.6) is 0 Å². The van der Waals surface area contributed by atoms with E-state index in [1.807, 2.05) is 0 Å². The Hall–Kier alpha value is -1.01. The second-order valence-electron chi connectivity index (χ2n) is 2.25. The Morgan fingerprint density at radius 2 is 2.40 bits per heavy atom. The first-order valence-corrected chi connectivity index (χ1v) is 3.02. The summed E-state index contributed by atoms with van der Waals surface area (Å²) in [5.41, 5.74) is 5.20. The minimum Gasteiger partial charge on any atom is -0.480 e. The first-order valence-electron chi connectivity index (χ1n) is 3.02. The van der Waals surface area contributed by atoms with Crippen LogP contribution in [-0.2, 0) is 4.79 Å². The molecular formula is C7H11NO2. The fraction of sp³-hybridized carbons (Fsp3) is 0.571. The summed E-state index contributed by atoms with van der Waals surface area (Å²) in [6, 6.07) is -0.828. The van der Waals surface area contributed by atoms with Crippen molar-refractivity contribution in [1.82, 2.24) is 0 Å². The largest absolute Gasteiger partial charge is 0.480 e. The molecule has 0 rings (SSSR count). The molecule has 0 aliphatic heterocycles. The summed E-state index contributed by atoms with van der Waals surface area (Å²) in [7, 11) is 0. The number of carbonyl (C=O) groups is 1. The minimum absolute atomic E-state index is 0.0638. The topological polar surface area (TPSA) is 63.3 Å². The van der Waals surface area contributed by atoms with Crippen molar-refractivity contribution < 1.29 is 9.90 Å². The van der Waals surface area contributed by atoms with Crippen LogP contribution in [0.3, 0.4) is 0 Å². The molecule has 0 aromatic heterocycles. The van der Waals surface area contributed by atoms with Gasteiger partial charge in [-0.05, 0) is 6.42 Å². The number of hydrogen-bond donors (Lipinski definition) is 2. The van der Waals surface area contributed by atoms with Crippen molar-refractivity contribution in [3.8, 4) is 12.3 Å². The molecule has 10 heavy (non-hydrogen) atoms. The molecule has 56 valence electrons. The second-order valence-corrected chi connectivity index (χ2v) is 2.25. The zero-order valence-corrected chi connectivity index (χ0v) is 5.87. The average molecular weight is 141 g/mol. The molecule has 0 amide bonds. The molecule has 3 nitrogen and oxygen atoms in total. The maximum absolute atomic E-state index is 10.2. The van der Waals surface area contributed by atoms with Crippen molar-refractivity contribution in [2.75, 3.05) is 0 Å². The van der Waals surface area contributed by atoms with Gasteiger partial charge in [0.2, 0.25) is 0 Å². The van der Waals surface area contributed by atoms with Crippen LogP contribution >= 0.6 is 0 Å². The average Bonchev–Trinajstić information content (AvgIpc) is 1.87. The first kappa shape index (κ1) is 8.99. The maximum atomic E-state index is 10.2. The van der Waals surface area contributed by atoms with Gasteiger partial charge in [0.15, 0.2) is 0 Å². The third kappa shape index (κ3) is 3.10. The van der Waals surface area contributed by atoms with Gasteiger partial charge in [0.25, 0.3) is 0 Å². The molecule has 0 aromatic carbocycles. The van der Waals surface area contributed by atoms with Crippen LogP contribution in [0, 0.1) is 18.3 Å². The van der Waals surface area contributed by atoms with Crippen LogP contribution in [0.4, 0.5) is 0 Å². The van der Waals surface area contributed by atoms with Gasteiger partial charge in [-0.25, -0.2) is 0 Å². The van der Waals surface area contributed by atoms with Gasteiger partial charge in [0.05, 0.1) is 0 Å². The van der Waals surface area contributed by atoms with E-state index < -0.39 is 12.0 Å². The van der Waals surface area contributed by atoms with Gasteiger partial charge in [-0.3, -0.25) is 4.79 Å². The molecule has 0 heterocycles. The molecule has 2 atom stereocenters. The lowest BCUT2D eigenvalue weighted by molar-refractivity contribution is -0.138. The van der Waals surface area contributed by atoms with E-state index in [0.717, 1.165) is 0 Å². The highest BCUT2D eigenvalue weighted by atomic mass is 16.4. The number of carboxylic acids is 1. The van der Waals surface area contributed by atoms with Crippen LogP contribution in [0.25, 0.3) is 0 Å². The van der Waals surface area contributed by atoms with E-state index in [1.54, 1.807) is 6.92 Å². The quantitative estimate of drug-likeness (QED) is 0.546. The summed E-state index contributed by atoms with van der Waals surface area (Å²) in [4.78, 5) is 10.2. The lowest BCUT2D eigenvalue weighted by Crippen LogP contribution is -2.31. The molecule has 3 N–H and O–H groups in total. The van der Waals surface area contributed by atoms with E-state index in [2.05, 4.69) is 5.92 Å². The van der Waals surface area contributed by atoms with Crippen molar-refractivity contribution in [3.05, 3.63) is 0 Å². The third-order valence-corrected chi connectivity index (χ3v) is 1.21. The van der Waals surface area contributed by atoms with E-state index in [1.165, 1.54) is 0 Å². The molecule has 3 heteroatoms. The molecule has 0 spiro atoms. The summed E-state index contributed by atoms with van der Waals surface area (Å²) in [6.45, 7) is 1.77. The Labute approximate surface area is 60.2 Å². The lowest BCUT2D eigenvalue weighted by atomic mass is 10.0. The normalized spacial score (nSPS) is 15.3. The zero-order valence-electron chi connectivity index (χ0n) is 5.87. The number of terminal acetylenes is 1. The van der Waals surface area contributed by atoms with Gasteiger partial charge in [0, 0.05) is 5.92 Å². The van der Waals surface area contributed by atoms with Gasteiger partial charge in [0.1, 0.15) is 6.04 Å². The molecule has 0 radical (unpaired) electrons. The van der Waals surface area contributed by atoms with Crippen LogP contribution in [0.2, 0.25) is 0 Å². The minimum atomic E-state index is -0.998. The summed E-state index contributed by atoms with van der Waals surface area (Å²) < 4.78 is 0. The Kier molecular flexibility index (Phi) is 3.52. The lowest BCUT2D eigenvalue weighted by Gasteiger charge is -2.07. The van der Waals surface area contributed by atoms with Crippen molar-refractivity contribution in [2.45, 2.75) is 19.4 Å². The molecule has 0 saturated heterocycles. The number of nitrogens with two attached hydrogens (primary N) is 1. The smallest absolute Gasteiger partial charge is 0.320 e. The number of hydrogen-bond acceptors (Lipinski definition) is 2. The van der Waals surface area contributed by atoms with Crippen LogP contribution in [0.1, 0.15) is 13.3 Å². The maximum Gasteiger partial charge on any atom is 0.320 e. The number of rotatable bonds is 3. The monoisotopic (exact) mass is 141 g/mol. The summed E-state index contributed by atoms with van der Waals surface area (Å²) in [6.07, 6.45) is 5.36. The number of carboxylic acid groups (broad SMARTS) is 1. The van der Waals surface area contributed by atoms with Gasteiger partial charge >= 0.3 is 5.97 Å².